The Morgan fingerprint density at radius 3 is 2.53 bits per heavy atom. The van der Waals surface area contributed by atoms with Gasteiger partial charge in [0.2, 0.25) is 5.91 Å². The number of carboxylic acid groups (broad SMARTS) is 1. The van der Waals surface area contributed by atoms with Crippen molar-refractivity contribution in [2.45, 2.75) is 39.0 Å². The van der Waals surface area contributed by atoms with Crippen molar-refractivity contribution in [3.8, 4) is 0 Å². The Bertz CT molecular complexity index is 240. The van der Waals surface area contributed by atoms with Crippen molar-refractivity contribution < 1.29 is 14.7 Å². The maximum atomic E-state index is 11.6. The second kappa shape index (κ2) is 5.73. The zero-order valence-electron chi connectivity index (χ0n) is 9.24. The molecule has 1 heterocycles. The van der Waals surface area contributed by atoms with Gasteiger partial charge in [-0.1, -0.05) is 6.92 Å². The fraction of sp³-hybridized carbons (Fsp3) is 0.818. The average molecular weight is 213 g/mol. The summed E-state index contributed by atoms with van der Waals surface area (Å²) in [5.74, 6) is 0.0231. The van der Waals surface area contributed by atoms with Crippen LogP contribution in [0.25, 0.3) is 0 Å². The number of likely N-dealkylation sites (tertiary alicyclic amines) is 1. The van der Waals surface area contributed by atoms with Crippen LogP contribution < -0.4 is 0 Å². The van der Waals surface area contributed by atoms with Gasteiger partial charge >= 0.3 is 5.97 Å². The summed E-state index contributed by atoms with van der Waals surface area (Å²) in [4.78, 5) is 23.8. The smallest absolute Gasteiger partial charge is 0.303 e. The highest BCUT2D eigenvalue weighted by Crippen LogP contribution is 2.16. The minimum atomic E-state index is -0.780. The molecule has 1 unspecified atom stereocenters. The SMILES string of the molecule is CC1CCN(C(=O)CCCCC(=O)O)C1. The molecular weight excluding hydrogens is 194 g/mol. The monoisotopic (exact) mass is 213 g/mol. The Labute approximate surface area is 90.3 Å². The normalized spacial score (nSPS) is 20.6. The van der Waals surface area contributed by atoms with Gasteiger partial charge in [0, 0.05) is 25.9 Å². The van der Waals surface area contributed by atoms with Crippen LogP contribution in [0.3, 0.4) is 0 Å². The van der Waals surface area contributed by atoms with Crippen molar-refractivity contribution in [3.05, 3.63) is 0 Å². The summed E-state index contributed by atoms with van der Waals surface area (Å²) in [6.45, 7) is 3.90. The van der Waals surface area contributed by atoms with Crippen LogP contribution in [0.1, 0.15) is 39.0 Å². The Hall–Kier alpha value is -1.06. The van der Waals surface area contributed by atoms with Crippen LogP contribution in [-0.4, -0.2) is 35.0 Å². The molecule has 4 heteroatoms. The average Bonchev–Trinajstić information content (AvgIpc) is 2.59. The molecule has 0 saturated carbocycles. The number of unbranched alkanes of at least 4 members (excludes halogenated alkanes) is 1. The van der Waals surface area contributed by atoms with E-state index in [1.165, 1.54) is 0 Å². The summed E-state index contributed by atoms with van der Waals surface area (Å²) in [5, 5.41) is 8.43. The molecule has 0 spiro atoms. The number of rotatable bonds is 5. The predicted octanol–water partition coefficient (Wildman–Crippen LogP) is 1.50. The summed E-state index contributed by atoms with van der Waals surface area (Å²) in [6, 6.07) is 0. The first-order valence-electron chi connectivity index (χ1n) is 5.59. The third-order valence-corrected chi connectivity index (χ3v) is 2.81. The summed E-state index contributed by atoms with van der Waals surface area (Å²) in [6.07, 6.45) is 3.06. The van der Waals surface area contributed by atoms with Gasteiger partial charge in [-0.3, -0.25) is 9.59 Å². The maximum Gasteiger partial charge on any atom is 0.303 e. The van der Waals surface area contributed by atoms with E-state index in [0.29, 0.717) is 25.2 Å². The van der Waals surface area contributed by atoms with E-state index >= 15 is 0 Å². The van der Waals surface area contributed by atoms with E-state index < -0.39 is 5.97 Å². The molecule has 0 aromatic carbocycles. The molecule has 1 rings (SSSR count). The van der Waals surface area contributed by atoms with Gasteiger partial charge in [-0.05, 0) is 25.2 Å². The molecule has 1 saturated heterocycles. The van der Waals surface area contributed by atoms with Crippen molar-refractivity contribution >= 4 is 11.9 Å². The van der Waals surface area contributed by atoms with Gasteiger partial charge < -0.3 is 10.0 Å². The molecule has 1 amide bonds. The predicted molar refractivity (Wildman–Crippen MR) is 56.5 cm³/mol. The zero-order valence-corrected chi connectivity index (χ0v) is 9.24. The summed E-state index contributed by atoms with van der Waals surface area (Å²) in [5.41, 5.74) is 0. The van der Waals surface area contributed by atoms with Crippen LogP contribution >= 0.6 is 0 Å². The van der Waals surface area contributed by atoms with Gasteiger partial charge in [-0.15, -0.1) is 0 Å². The van der Waals surface area contributed by atoms with E-state index in [2.05, 4.69) is 6.92 Å². The minimum Gasteiger partial charge on any atom is -0.481 e. The molecule has 0 aliphatic carbocycles. The van der Waals surface area contributed by atoms with Crippen molar-refractivity contribution in [1.82, 2.24) is 4.90 Å². The summed E-state index contributed by atoms with van der Waals surface area (Å²) in [7, 11) is 0. The molecule has 86 valence electrons. The van der Waals surface area contributed by atoms with Crippen LogP contribution in [0.15, 0.2) is 0 Å². The first-order chi connectivity index (χ1) is 7.09. The molecule has 1 aliphatic rings. The van der Waals surface area contributed by atoms with Crippen LogP contribution in [0.2, 0.25) is 0 Å². The lowest BCUT2D eigenvalue weighted by Crippen LogP contribution is -2.28. The summed E-state index contributed by atoms with van der Waals surface area (Å²) >= 11 is 0. The highest BCUT2D eigenvalue weighted by molar-refractivity contribution is 5.76. The minimum absolute atomic E-state index is 0.170. The number of carboxylic acids is 1. The van der Waals surface area contributed by atoms with Gasteiger partial charge in [-0.25, -0.2) is 0 Å². The Morgan fingerprint density at radius 1 is 1.33 bits per heavy atom. The number of carbonyl (C=O) groups excluding carboxylic acids is 1. The van der Waals surface area contributed by atoms with Crippen LogP contribution in [0.5, 0.6) is 0 Å². The number of amides is 1. The number of aliphatic carboxylic acids is 1. The highest BCUT2D eigenvalue weighted by atomic mass is 16.4. The first-order valence-corrected chi connectivity index (χ1v) is 5.59. The van der Waals surface area contributed by atoms with E-state index in [9.17, 15) is 9.59 Å². The lowest BCUT2D eigenvalue weighted by molar-refractivity contribution is -0.137. The fourth-order valence-electron chi connectivity index (χ4n) is 1.87. The van der Waals surface area contributed by atoms with Gasteiger partial charge in [0.15, 0.2) is 0 Å². The van der Waals surface area contributed by atoms with E-state index in [1.807, 2.05) is 4.90 Å². The third kappa shape index (κ3) is 4.32. The standard InChI is InChI=1S/C11H19NO3/c1-9-6-7-12(8-9)10(13)4-2-3-5-11(14)15/h9H,2-8H2,1H3,(H,14,15). The topological polar surface area (TPSA) is 57.6 Å². The van der Waals surface area contributed by atoms with Crippen molar-refractivity contribution in [2.75, 3.05) is 13.1 Å². The molecule has 15 heavy (non-hydrogen) atoms. The van der Waals surface area contributed by atoms with Crippen molar-refractivity contribution in [1.29, 1.82) is 0 Å². The van der Waals surface area contributed by atoms with Crippen molar-refractivity contribution in [3.63, 3.8) is 0 Å². The largest absolute Gasteiger partial charge is 0.481 e. The third-order valence-electron chi connectivity index (χ3n) is 2.81. The lowest BCUT2D eigenvalue weighted by atomic mass is 10.1. The Kier molecular flexibility index (Phi) is 4.59. The second-order valence-corrected chi connectivity index (χ2v) is 4.33. The molecule has 1 fully saturated rings. The zero-order chi connectivity index (χ0) is 11.3. The number of nitrogens with zero attached hydrogens (tertiary/aromatic N) is 1. The molecule has 4 nitrogen and oxygen atoms in total. The van der Waals surface area contributed by atoms with Crippen molar-refractivity contribution in [2.24, 2.45) is 5.92 Å². The fourth-order valence-corrected chi connectivity index (χ4v) is 1.87. The van der Waals surface area contributed by atoms with Crippen LogP contribution in [0.4, 0.5) is 0 Å². The lowest BCUT2D eigenvalue weighted by Gasteiger charge is -2.15. The quantitative estimate of drug-likeness (QED) is 0.704. The van der Waals surface area contributed by atoms with E-state index in [-0.39, 0.29) is 12.3 Å². The van der Waals surface area contributed by atoms with E-state index in [0.717, 1.165) is 19.5 Å². The molecule has 1 N–H and O–H groups in total. The second-order valence-electron chi connectivity index (χ2n) is 4.33. The van der Waals surface area contributed by atoms with Crippen LogP contribution in [0, 0.1) is 5.92 Å². The molecule has 0 aromatic rings. The number of hydrogen-bond acceptors (Lipinski definition) is 2. The Morgan fingerprint density at radius 2 is 2.00 bits per heavy atom. The summed E-state index contributed by atoms with van der Waals surface area (Å²) < 4.78 is 0. The Balaban J connectivity index is 2.11. The number of carbonyl (C=O) groups is 2. The van der Waals surface area contributed by atoms with Gasteiger partial charge in [0.05, 0.1) is 0 Å². The molecular formula is C11H19NO3. The van der Waals surface area contributed by atoms with Gasteiger partial charge in [0.1, 0.15) is 0 Å². The highest BCUT2D eigenvalue weighted by Gasteiger charge is 2.22. The van der Waals surface area contributed by atoms with Gasteiger partial charge in [0.25, 0.3) is 0 Å². The van der Waals surface area contributed by atoms with E-state index in [1.54, 1.807) is 0 Å². The molecule has 1 atom stereocenters. The molecule has 0 aromatic heterocycles. The molecule has 0 radical (unpaired) electrons. The molecule has 0 bridgehead atoms. The molecule has 1 aliphatic heterocycles. The number of hydrogen-bond donors (Lipinski definition) is 1. The van der Waals surface area contributed by atoms with Gasteiger partial charge in [-0.2, -0.15) is 0 Å². The van der Waals surface area contributed by atoms with Crippen LogP contribution in [-0.2, 0) is 9.59 Å². The maximum absolute atomic E-state index is 11.6. The first kappa shape index (κ1) is 12.0. The van der Waals surface area contributed by atoms with E-state index in [4.69, 9.17) is 5.11 Å².